The van der Waals surface area contributed by atoms with E-state index < -0.39 is 11.8 Å². The fraction of sp³-hybridized carbons (Fsp3) is 0.0385. The number of carbonyl (C=O) groups is 3. The fourth-order valence-corrected chi connectivity index (χ4v) is 5.34. The lowest BCUT2D eigenvalue weighted by atomic mass is 9.99. The van der Waals surface area contributed by atoms with Crippen molar-refractivity contribution in [2.45, 2.75) is 6.92 Å². The van der Waals surface area contributed by atoms with Gasteiger partial charge in [-0.2, -0.15) is 0 Å². The Labute approximate surface area is 193 Å². The van der Waals surface area contributed by atoms with Gasteiger partial charge in [0.1, 0.15) is 5.00 Å². The molecule has 3 aromatic carbocycles. The molecule has 4 nitrogen and oxygen atoms in total. The highest BCUT2D eigenvalue weighted by Gasteiger charge is 2.40. The molecule has 156 valence electrons. The van der Waals surface area contributed by atoms with E-state index in [-0.39, 0.29) is 5.78 Å². The highest BCUT2D eigenvalue weighted by atomic mass is 35.5. The predicted octanol–water partition coefficient (Wildman–Crippen LogP) is 6.41. The predicted molar refractivity (Wildman–Crippen MR) is 127 cm³/mol. The minimum Gasteiger partial charge on any atom is -0.288 e. The van der Waals surface area contributed by atoms with Gasteiger partial charge in [0.15, 0.2) is 5.78 Å². The molecule has 0 bridgehead atoms. The molecule has 1 aliphatic heterocycles. The lowest BCUT2D eigenvalue weighted by Crippen LogP contribution is -2.30. The number of thiophene rings is 1. The lowest BCUT2D eigenvalue weighted by Gasteiger charge is -2.14. The van der Waals surface area contributed by atoms with Crippen LogP contribution in [0.2, 0.25) is 5.02 Å². The minimum atomic E-state index is -0.420. The van der Waals surface area contributed by atoms with E-state index in [0.717, 1.165) is 20.9 Å². The first-order valence-electron chi connectivity index (χ1n) is 9.94. The number of carbonyl (C=O) groups excluding carboxylic acids is 3. The number of benzene rings is 3. The zero-order valence-corrected chi connectivity index (χ0v) is 18.5. The van der Waals surface area contributed by atoms with Crippen LogP contribution in [0.25, 0.3) is 10.4 Å². The van der Waals surface area contributed by atoms with Crippen molar-refractivity contribution in [3.05, 3.63) is 112 Å². The van der Waals surface area contributed by atoms with E-state index in [9.17, 15) is 14.4 Å². The maximum absolute atomic E-state index is 13.6. The number of ketones is 1. The van der Waals surface area contributed by atoms with Crippen LogP contribution in [0.1, 0.15) is 42.2 Å². The number of hydrogen-bond donors (Lipinski definition) is 0. The number of nitrogens with zero attached hydrogens (tertiary/aromatic N) is 1. The van der Waals surface area contributed by atoms with Crippen molar-refractivity contribution in [3.8, 4) is 10.4 Å². The summed E-state index contributed by atoms with van der Waals surface area (Å²) in [6.45, 7) is 1.85. The Morgan fingerprint density at radius 1 is 0.812 bits per heavy atom. The number of anilines is 1. The van der Waals surface area contributed by atoms with E-state index in [0.29, 0.717) is 32.3 Å². The van der Waals surface area contributed by atoms with Crippen molar-refractivity contribution in [1.29, 1.82) is 0 Å². The molecule has 0 unspecified atom stereocenters. The number of fused-ring (bicyclic) bond motifs is 1. The van der Waals surface area contributed by atoms with Crippen LogP contribution in [-0.2, 0) is 0 Å². The van der Waals surface area contributed by atoms with Crippen molar-refractivity contribution in [3.63, 3.8) is 0 Å². The van der Waals surface area contributed by atoms with E-state index in [2.05, 4.69) is 0 Å². The second-order valence-corrected chi connectivity index (χ2v) is 8.87. The third-order valence-electron chi connectivity index (χ3n) is 5.49. The topological polar surface area (TPSA) is 54.5 Å². The largest absolute Gasteiger partial charge is 0.288 e. The summed E-state index contributed by atoms with van der Waals surface area (Å²) >= 11 is 7.27. The third kappa shape index (κ3) is 3.18. The molecule has 4 aromatic rings. The van der Waals surface area contributed by atoms with Gasteiger partial charge in [-0.15, -0.1) is 11.3 Å². The Morgan fingerprint density at radius 3 is 1.97 bits per heavy atom. The van der Waals surface area contributed by atoms with Gasteiger partial charge < -0.3 is 0 Å². The first kappa shape index (κ1) is 20.4. The molecule has 2 amide bonds. The van der Waals surface area contributed by atoms with E-state index in [1.807, 2.05) is 37.3 Å². The van der Waals surface area contributed by atoms with Gasteiger partial charge in [-0.05, 0) is 54.4 Å². The average molecular weight is 458 g/mol. The Morgan fingerprint density at radius 2 is 1.38 bits per heavy atom. The van der Waals surface area contributed by atoms with Gasteiger partial charge in [-0.3, -0.25) is 14.4 Å². The number of halogens is 1. The summed E-state index contributed by atoms with van der Waals surface area (Å²) in [5, 5.41) is 0.863. The van der Waals surface area contributed by atoms with Crippen LogP contribution in [-0.4, -0.2) is 17.6 Å². The third-order valence-corrected chi connectivity index (χ3v) is 7.07. The number of hydrogen-bond acceptors (Lipinski definition) is 4. The Kier molecular flexibility index (Phi) is 5.00. The smallest absolute Gasteiger partial charge is 0.266 e. The quantitative estimate of drug-likeness (QED) is 0.263. The molecule has 0 N–H and O–H groups in total. The molecule has 6 heteroatoms. The average Bonchev–Trinajstić information content (AvgIpc) is 3.28. The van der Waals surface area contributed by atoms with Gasteiger partial charge in [0.05, 0.1) is 16.7 Å². The lowest BCUT2D eigenvalue weighted by molar-refractivity contribution is 0.0927. The van der Waals surface area contributed by atoms with Crippen molar-refractivity contribution in [1.82, 2.24) is 0 Å². The van der Waals surface area contributed by atoms with E-state index in [4.69, 9.17) is 11.6 Å². The molecule has 0 atom stereocenters. The molecule has 0 fully saturated rings. The molecule has 0 saturated heterocycles. The van der Waals surface area contributed by atoms with Crippen molar-refractivity contribution >= 4 is 45.5 Å². The second kappa shape index (κ2) is 7.86. The van der Waals surface area contributed by atoms with Crippen LogP contribution >= 0.6 is 22.9 Å². The first-order chi connectivity index (χ1) is 15.5. The summed E-state index contributed by atoms with van der Waals surface area (Å²) in [4.78, 5) is 42.0. The van der Waals surface area contributed by atoms with Crippen LogP contribution in [0.5, 0.6) is 0 Å². The van der Waals surface area contributed by atoms with Gasteiger partial charge in [-0.25, -0.2) is 4.90 Å². The summed E-state index contributed by atoms with van der Waals surface area (Å²) in [5.41, 5.74) is 3.12. The molecule has 0 saturated carbocycles. The summed E-state index contributed by atoms with van der Waals surface area (Å²) in [7, 11) is 0. The highest BCUT2D eigenvalue weighted by Crippen LogP contribution is 2.45. The zero-order valence-electron chi connectivity index (χ0n) is 17.0. The van der Waals surface area contributed by atoms with E-state index >= 15 is 0 Å². The molecule has 1 aliphatic rings. The molecule has 5 rings (SSSR count). The van der Waals surface area contributed by atoms with Crippen LogP contribution in [0, 0.1) is 6.92 Å². The maximum atomic E-state index is 13.6. The normalized spacial score (nSPS) is 12.9. The molecule has 0 aliphatic carbocycles. The highest BCUT2D eigenvalue weighted by molar-refractivity contribution is 7.20. The molecule has 2 heterocycles. The second-order valence-electron chi connectivity index (χ2n) is 7.43. The minimum absolute atomic E-state index is 0.260. The van der Waals surface area contributed by atoms with Crippen LogP contribution in [0.3, 0.4) is 0 Å². The molecule has 32 heavy (non-hydrogen) atoms. The van der Waals surface area contributed by atoms with Crippen LogP contribution < -0.4 is 4.90 Å². The molecular weight excluding hydrogens is 442 g/mol. The van der Waals surface area contributed by atoms with Crippen LogP contribution in [0.4, 0.5) is 5.00 Å². The number of imide groups is 1. The van der Waals surface area contributed by atoms with E-state index in [1.165, 1.54) is 11.3 Å². The van der Waals surface area contributed by atoms with Crippen molar-refractivity contribution < 1.29 is 14.4 Å². The van der Waals surface area contributed by atoms with Gasteiger partial charge in [0.25, 0.3) is 11.8 Å². The standard InChI is InChI=1S/C26H16ClNO3S/c1-15-21(22(29)16-11-13-18(27)14-12-16)26(32-23(15)17-7-3-2-4-8-17)28-24(30)19-9-5-6-10-20(19)25(28)31/h2-14H,1H3. The van der Waals surface area contributed by atoms with E-state index in [1.54, 1.807) is 48.5 Å². The van der Waals surface area contributed by atoms with Gasteiger partial charge in [-0.1, -0.05) is 54.1 Å². The fourth-order valence-electron chi connectivity index (χ4n) is 3.91. The van der Waals surface area contributed by atoms with Gasteiger partial charge in [0.2, 0.25) is 0 Å². The zero-order chi connectivity index (χ0) is 22.4. The first-order valence-corrected chi connectivity index (χ1v) is 11.1. The van der Waals surface area contributed by atoms with Crippen molar-refractivity contribution in [2.75, 3.05) is 4.90 Å². The van der Waals surface area contributed by atoms with Crippen molar-refractivity contribution in [2.24, 2.45) is 0 Å². The number of amides is 2. The molecule has 0 radical (unpaired) electrons. The summed E-state index contributed by atoms with van der Waals surface area (Å²) < 4.78 is 0. The maximum Gasteiger partial charge on any atom is 0.266 e. The molecule has 1 aromatic heterocycles. The summed E-state index contributed by atoms with van der Waals surface area (Å²) in [6, 6.07) is 22.9. The molecule has 0 spiro atoms. The summed E-state index contributed by atoms with van der Waals surface area (Å²) in [6.07, 6.45) is 0. The van der Waals surface area contributed by atoms with Crippen LogP contribution in [0.15, 0.2) is 78.9 Å². The number of rotatable bonds is 4. The Hall–Kier alpha value is -3.54. The Bertz CT molecular complexity index is 1360. The molecular formula is C26H16ClNO3S. The van der Waals surface area contributed by atoms with Gasteiger partial charge in [0, 0.05) is 15.5 Å². The monoisotopic (exact) mass is 457 g/mol. The Balaban J connectivity index is 1.72. The SMILES string of the molecule is Cc1c(-c2ccccc2)sc(N2C(=O)c3ccccc3C2=O)c1C(=O)c1ccc(Cl)cc1. The summed E-state index contributed by atoms with van der Waals surface area (Å²) in [5.74, 6) is -1.10. The van der Waals surface area contributed by atoms with Gasteiger partial charge >= 0.3 is 0 Å².